The number of carbonyl (C=O) groups excluding carboxylic acids is 1. The molecule has 3 heterocycles. The van der Waals surface area contributed by atoms with Crippen molar-refractivity contribution in [1.82, 2.24) is 24.5 Å². The molecule has 0 aliphatic heterocycles. The zero-order valence-electron chi connectivity index (χ0n) is 27.3. The number of nitrogens with one attached hydrogen (secondary N) is 3. The van der Waals surface area contributed by atoms with Crippen LogP contribution in [0.25, 0.3) is 16.6 Å². The third kappa shape index (κ3) is 7.41. The van der Waals surface area contributed by atoms with Gasteiger partial charge in [0.25, 0.3) is 10.2 Å². The van der Waals surface area contributed by atoms with Crippen LogP contribution in [0.5, 0.6) is 11.6 Å². The number of aromatic nitrogens is 4. The molecule has 0 amide bonds. The number of nitrogens with two attached hydrogens (primary N) is 1. The molecule has 5 N–H and O–H groups in total. The maximum absolute atomic E-state index is 15.0. The minimum Gasteiger partial charge on any atom is -0.436 e. The Balaban J connectivity index is 1.29. The van der Waals surface area contributed by atoms with Crippen LogP contribution in [0.3, 0.4) is 0 Å². The molecular formula is C32H37F2N7O5SSi. The first-order valence-corrected chi connectivity index (χ1v) is 19.4. The molecule has 0 spiro atoms. The highest BCUT2D eigenvalue weighted by Crippen LogP contribution is 2.36. The van der Waals surface area contributed by atoms with E-state index in [2.05, 4.69) is 58.4 Å². The summed E-state index contributed by atoms with van der Waals surface area (Å²) in [5, 5.41) is 4.57. The highest BCUT2D eigenvalue weighted by atomic mass is 32.2. The highest BCUT2D eigenvalue weighted by Gasteiger charge is 2.37. The molecule has 0 saturated heterocycles. The van der Waals surface area contributed by atoms with Crippen LogP contribution in [-0.4, -0.2) is 55.4 Å². The Hall–Kier alpha value is -4.64. The van der Waals surface area contributed by atoms with Gasteiger partial charge in [-0.05, 0) is 61.0 Å². The molecule has 254 valence electrons. The lowest BCUT2D eigenvalue weighted by Gasteiger charge is -2.36. The van der Waals surface area contributed by atoms with E-state index < -0.39 is 35.9 Å². The van der Waals surface area contributed by atoms with Crippen LogP contribution < -0.4 is 19.9 Å². The molecule has 2 aromatic carbocycles. The molecule has 0 aliphatic carbocycles. The van der Waals surface area contributed by atoms with Gasteiger partial charge in [0, 0.05) is 30.1 Å². The molecule has 0 saturated carbocycles. The third-order valence-corrected chi connectivity index (χ3v) is 13.9. The monoisotopic (exact) mass is 697 g/mol. The van der Waals surface area contributed by atoms with Crippen LogP contribution in [-0.2, 0) is 14.6 Å². The number of rotatable bonds is 12. The third-order valence-electron chi connectivity index (χ3n) is 8.25. The molecule has 0 unspecified atom stereocenters. The van der Waals surface area contributed by atoms with Crippen molar-refractivity contribution in [2.45, 2.75) is 45.8 Å². The zero-order chi connectivity index (χ0) is 35.0. The lowest BCUT2D eigenvalue weighted by molar-refractivity contribution is 0.103. The average Bonchev–Trinajstić information content (AvgIpc) is 3.58. The molecule has 0 radical (unpaired) electrons. The number of aromatic amines is 1. The van der Waals surface area contributed by atoms with E-state index in [1.165, 1.54) is 41.3 Å². The van der Waals surface area contributed by atoms with Gasteiger partial charge in [-0.3, -0.25) is 9.52 Å². The molecule has 5 aromatic rings. The fourth-order valence-corrected chi connectivity index (χ4v) is 6.46. The zero-order valence-corrected chi connectivity index (χ0v) is 29.1. The molecule has 0 atom stereocenters. The van der Waals surface area contributed by atoms with Crippen molar-refractivity contribution in [3.8, 4) is 17.3 Å². The topological polar surface area (TPSA) is 166 Å². The van der Waals surface area contributed by atoms with E-state index in [0.29, 0.717) is 22.2 Å². The number of fused-ring (bicyclic) bond motifs is 1. The number of nitrogens with zero attached hydrogens (tertiary/aromatic N) is 3. The number of ketones is 1. The standard InChI is InChI=1S/C32H37F2N7O5SSi/c1-19-13-29(46-28-10-8-7-9-22(28)33)36-18-27(19)41-31(35)21(17-37-41)30(42)26-15-20-14-23(34)25(16-24(20)39-26)40-47(43,44)38-11-12-45-48(5,6)32(2,3)4/h7-10,13-18,38-40H,11-12,35H2,1-6H3. The summed E-state index contributed by atoms with van der Waals surface area (Å²) in [7, 11) is -6.19. The van der Waals surface area contributed by atoms with E-state index in [9.17, 15) is 22.0 Å². The quantitative estimate of drug-likeness (QED) is 0.0679. The number of benzene rings is 2. The van der Waals surface area contributed by atoms with E-state index in [-0.39, 0.29) is 52.6 Å². The number of pyridine rings is 1. The number of H-pyrrole nitrogens is 1. The van der Waals surface area contributed by atoms with Crippen molar-refractivity contribution in [2.24, 2.45) is 0 Å². The van der Waals surface area contributed by atoms with E-state index in [1.54, 1.807) is 25.1 Å². The van der Waals surface area contributed by atoms with E-state index >= 15 is 0 Å². The maximum Gasteiger partial charge on any atom is 0.299 e. The second kappa shape index (κ2) is 13.1. The smallest absolute Gasteiger partial charge is 0.299 e. The number of nitrogen functional groups attached to an aromatic ring is 1. The second-order valence-electron chi connectivity index (χ2n) is 12.7. The predicted molar refractivity (Wildman–Crippen MR) is 182 cm³/mol. The molecule has 0 aliphatic rings. The van der Waals surface area contributed by atoms with Crippen molar-refractivity contribution in [3.05, 3.63) is 89.4 Å². The van der Waals surface area contributed by atoms with Crippen molar-refractivity contribution >= 4 is 46.7 Å². The molecule has 0 fully saturated rings. The first kappa shape index (κ1) is 34.7. The van der Waals surface area contributed by atoms with E-state index in [4.69, 9.17) is 14.9 Å². The van der Waals surface area contributed by atoms with Crippen LogP contribution in [0.15, 0.2) is 60.9 Å². The summed E-state index contributed by atoms with van der Waals surface area (Å²) >= 11 is 0. The number of hydrogen-bond acceptors (Lipinski definition) is 8. The summed E-state index contributed by atoms with van der Waals surface area (Å²) in [6.45, 7) is 12.3. The summed E-state index contributed by atoms with van der Waals surface area (Å²) in [6, 6.07) is 11.3. The summed E-state index contributed by atoms with van der Waals surface area (Å²) in [5.74, 6) is -1.69. The van der Waals surface area contributed by atoms with Gasteiger partial charge in [-0.2, -0.15) is 18.2 Å². The molecule has 5 rings (SSSR count). The molecular weight excluding hydrogens is 661 g/mol. The largest absolute Gasteiger partial charge is 0.436 e. The van der Waals surface area contributed by atoms with Crippen molar-refractivity contribution in [2.75, 3.05) is 23.6 Å². The summed E-state index contributed by atoms with van der Waals surface area (Å²) in [4.78, 5) is 20.6. The second-order valence-corrected chi connectivity index (χ2v) is 19.0. The van der Waals surface area contributed by atoms with Crippen molar-refractivity contribution < 1.29 is 31.2 Å². The Morgan fingerprint density at radius 2 is 1.81 bits per heavy atom. The van der Waals surface area contributed by atoms with Gasteiger partial charge in [0.05, 0.1) is 35.0 Å². The van der Waals surface area contributed by atoms with Crippen LogP contribution in [0.2, 0.25) is 18.1 Å². The Kier molecular flexibility index (Phi) is 9.47. The number of halogens is 2. The number of ether oxygens (including phenoxy) is 1. The number of hydrogen-bond donors (Lipinski definition) is 4. The number of anilines is 2. The lowest BCUT2D eigenvalue weighted by Crippen LogP contribution is -2.43. The Morgan fingerprint density at radius 1 is 1.08 bits per heavy atom. The van der Waals surface area contributed by atoms with Crippen LogP contribution in [0.1, 0.15) is 42.4 Å². The Labute approximate surface area is 278 Å². The SMILES string of the molecule is Cc1cc(Oc2ccccc2F)ncc1-n1ncc(C(=O)c2cc3cc(F)c(NS(=O)(=O)NCCO[Si](C)(C)C(C)(C)C)cc3[nH]2)c1N. The van der Waals surface area contributed by atoms with Gasteiger partial charge in [-0.1, -0.05) is 32.9 Å². The van der Waals surface area contributed by atoms with Gasteiger partial charge in [0.1, 0.15) is 11.6 Å². The molecule has 12 nitrogen and oxygen atoms in total. The number of carbonyl (C=O) groups is 1. The van der Waals surface area contributed by atoms with Crippen LogP contribution >= 0.6 is 0 Å². The fraction of sp³-hybridized carbons (Fsp3) is 0.281. The lowest BCUT2D eigenvalue weighted by atomic mass is 10.1. The van der Waals surface area contributed by atoms with Gasteiger partial charge < -0.3 is 19.9 Å². The maximum atomic E-state index is 15.0. The number of aryl methyl sites for hydroxylation is 1. The van der Waals surface area contributed by atoms with Gasteiger partial charge in [0.15, 0.2) is 19.9 Å². The molecule has 48 heavy (non-hydrogen) atoms. The van der Waals surface area contributed by atoms with Gasteiger partial charge in [-0.25, -0.2) is 18.4 Å². The van der Waals surface area contributed by atoms with Crippen LogP contribution in [0, 0.1) is 18.6 Å². The van der Waals surface area contributed by atoms with Crippen molar-refractivity contribution in [3.63, 3.8) is 0 Å². The first-order valence-electron chi connectivity index (χ1n) is 15.0. The normalized spacial score (nSPS) is 12.4. The minimum absolute atomic E-state index is 0.00312. The Bertz CT molecular complexity index is 2110. The summed E-state index contributed by atoms with van der Waals surface area (Å²) < 4.78 is 71.8. The predicted octanol–water partition coefficient (Wildman–Crippen LogP) is 6.21. The number of para-hydroxylation sites is 1. The molecule has 16 heteroatoms. The summed E-state index contributed by atoms with van der Waals surface area (Å²) in [5.41, 5.74) is 7.60. The van der Waals surface area contributed by atoms with Gasteiger partial charge >= 0.3 is 0 Å². The first-order chi connectivity index (χ1) is 22.5. The average molecular weight is 698 g/mol. The molecule has 0 bridgehead atoms. The van der Waals surface area contributed by atoms with Crippen molar-refractivity contribution in [1.29, 1.82) is 0 Å². The molecule has 3 aromatic heterocycles. The fourth-order valence-electron chi connectivity index (χ4n) is 4.54. The summed E-state index contributed by atoms with van der Waals surface area (Å²) in [6.07, 6.45) is 2.74. The Morgan fingerprint density at radius 3 is 2.50 bits per heavy atom. The van der Waals surface area contributed by atoms with E-state index in [0.717, 1.165) is 6.07 Å². The van der Waals surface area contributed by atoms with E-state index in [1.807, 2.05) is 0 Å². The van der Waals surface area contributed by atoms with Gasteiger partial charge in [-0.15, -0.1) is 0 Å². The van der Waals surface area contributed by atoms with Gasteiger partial charge in [0.2, 0.25) is 11.7 Å². The van der Waals surface area contributed by atoms with Crippen LogP contribution in [0.4, 0.5) is 20.3 Å². The highest BCUT2D eigenvalue weighted by molar-refractivity contribution is 7.90. The minimum atomic E-state index is -4.13.